The number of hydrogen-bond donors (Lipinski definition) is 1. The molecule has 0 aliphatic rings. The van der Waals surface area contributed by atoms with Crippen LogP contribution in [-0.2, 0) is 4.74 Å². The van der Waals surface area contributed by atoms with Crippen molar-refractivity contribution in [1.29, 1.82) is 0 Å². The lowest BCUT2D eigenvalue weighted by atomic mass is 9.94. The molecule has 0 heterocycles. The minimum Gasteiger partial charge on any atom is -0.379 e. The highest BCUT2D eigenvalue weighted by molar-refractivity contribution is 6.30. The Hall–Kier alpha value is -0.640. The molecule has 1 rings (SSSR count). The fourth-order valence-corrected chi connectivity index (χ4v) is 2.22. The molecule has 0 saturated heterocycles. The molecule has 20 heavy (non-hydrogen) atoms. The van der Waals surface area contributed by atoms with Crippen molar-refractivity contribution in [1.82, 2.24) is 5.32 Å². The van der Waals surface area contributed by atoms with Gasteiger partial charge in [-0.1, -0.05) is 24.6 Å². The molecule has 1 aromatic carbocycles. The van der Waals surface area contributed by atoms with Gasteiger partial charge in [0.05, 0.1) is 10.6 Å². The summed E-state index contributed by atoms with van der Waals surface area (Å²) in [4.78, 5) is 0. The molecule has 0 fully saturated rings. The van der Waals surface area contributed by atoms with Crippen LogP contribution in [0, 0.1) is 5.82 Å². The molecule has 0 spiro atoms. The second-order valence-corrected chi connectivity index (χ2v) is 6.09. The van der Waals surface area contributed by atoms with Crippen LogP contribution in [0.5, 0.6) is 0 Å². The van der Waals surface area contributed by atoms with Crippen molar-refractivity contribution in [3.63, 3.8) is 0 Å². The highest BCUT2D eigenvalue weighted by Gasteiger charge is 2.20. The zero-order valence-electron chi connectivity index (χ0n) is 12.8. The summed E-state index contributed by atoms with van der Waals surface area (Å²) in [5.41, 5.74) is 0.868. The smallest absolute Gasteiger partial charge is 0.141 e. The molecule has 2 nitrogen and oxygen atoms in total. The first-order valence-corrected chi connectivity index (χ1v) is 7.51. The van der Waals surface area contributed by atoms with Gasteiger partial charge in [0, 0.05) is 13.2 Å². The lowest BCUT2D eigenvalue weighted by Crippen LogP contribution is -2.28. The summed E-state index contributed by atoms with van der Waals surface area (Å²) in [7, 11) is 1.73. The fourth-order valence-electron chi connectivity index (χ4n) is 2.03. The van der Waals surface area contributed by atoms with Gasteiger partial charge in [0.15, 0.2) is 0 Å². The second kappa shape index (κ2) is 7.96. The zero-order valence-corrected chi connectivity index (χ0v) is 13.6. The summed E-state index contributed by atoms with van der Waals surface area (Å²) in [6, 6.07) is 5.11. The van der Waals surface area contributed by atoms with Gasteiger partial charge in [0.25, 0.3) is 0 Å². The molecule has 0 aliphatic carbocycles. The summed E-state index contributed by atoms with van der Waals surface area (Å²) in [6.07, 6.45) is 2.89. The van der Waals surface area contributed by atoms with Crippen LogP contribution in [0.15, 0.2) is 18.2 Å². The largest absolute Gasteiger partial charge is 0.379 e. The quantitative estimate of drug-likeness (QED) is 0.750. The van der Waals surface area contributed by atoms with E-state index in [2.05, 4.69) is 26.1 Å². The van der Waals surface area contributed by atoms with Gasteiger partial charge in [-0.25, -0.2) is 4.39 Å². The van der Waals surface area contributed by atoms with Crippen molar-refractivity contribution in [3.8, 4) is 0 Å². The lowest BCUT2D eigenvalue weighted by molar-refractivity contribution is 0.0117. The Morgan fingerprint density at radius 1 is 1.40 bits per heavy atom. The first kappa shape index (κ1) is 17.4. The van der Waals surface area contributed by atoms with Crippen molar-refractivity contribution >= 4 is 11.6 Å². The third-order valence-corrected chi connectivity index (χ3v) is 3.86. The number of halogens is 2. The fraction of sp³-hybridized carbons (Fsp3) is 0.625. The van der Waals surface area contributed by atoms with Crippen LogP contribution in [0.2, 0.25) is 5.02 Å². The average molecular weight is 302 g/mol. The number of rotatable bonds is 8. The Morgan fingerprint density at radius 2 is 2.10 bits per heavy atom. The molecule has 0 aliphatic heterocycles. The van der Waals surface area contributed by atoms with Crippen molar-refractivity contribution in [2.45, 2.75) is 51.7 Å². The summed E-state index contributed by atoms with van der Waals surface area (Å²) < 4.78 is 18.7. The summed E-state index contributed by atoms with van der Waals surface area (Å²) in [5.74, 6) is -0.373. The van der Waals surface area contributed by atoms with E-state index >= 15 is 0 Å². The molecule has 114 valence electrons. The van der Waals surface area contributed by atoms with Crippen LogP contribution < -0.4 is 5.32 Å². The second-order valence-electron chi connectivity index (χ2n) is 5.68. The molecule has 1 N–H and O–H groups in total. The minimum absolute atomic E-state index is 0.157. The van der Waals surface area contributed by atoms with Crippen LogP contribution in [0.4, 0.5) is 4.39 Å². The molecule has 0 saturated carbocycles. The van der Waals surface area contributed by atoms with Gasteiger partial charge in [0.2, 0.25) is 0 Å². The Labute approximate surface area is 126 Å². The lowest BCUT2D eigenvalue weighted by Gasteiger charge is -2.27. The van der Waals surface area contributed by atoms with Gasteiger partial charge >= 0.3 is 0 Å². The van der Waals surface area contributed by atoms with Gasteiger partial charge in [0.1, 0.15) is 5.82 Å². The molecule has 1 atom stereocenters. The Morgan fingerprint density at radius 3 is 2.65 bits per heavy atom. The van der Waals surface area contributed by atoms with Crippen LogP contribution in [0.25, 0.3) is 0 Å². The molecular weight excluding hydrogens is 277 g/mol. The van der Waals surface area contributed by atoms with Crippen molar-refractivity contribution in [2.75, 3.05) is 13.7 Å². The Balaban J connectivity index is 2.79. The van der Waals surface area contributed by atoms with Crippen LogP contribution in [0.3, 0.4) is 0 Å². The van der Waals surface area contributed by atoms with Crippen LogP contribution in [-0.4, -0.2) is 19.3 Å². The number of benzene rings is 1. The van der Waals surface area contributed by atoms with Gasteiger partial charge in [-0.15, -0.1) is 0 Å². The monoisotopic (exact) mass is 301 g/mol. The molecule has 0 radical (unpaired) electrons. The topological polar surface area (TPSA) is 21.3 Å². The first-order valence-electron chi connectivity index (χ1n) is 7.13. The molecule has 1 unspecified atom stereocenters. The van der Waals surface area contributed by atoms with Crippen LogP contribution >= 0.6 is 11.6 Å². The number of nitrogens with one attached hydrogen (secondary N) is 1. The van der Waals surface area contributed by atoms with E-state index in [1.165, 1.54) is 6.07 Å². The standard InChI is InChI=1S/C16H25ClFNO/c1-5-10-19-15(8-9-16(2,3)20-4)12-6-7-14(18)13(17)11-12/h6-7,11,15,19H,5,8-10H2,1-4H3. The minimum atomic E-state index is -0.373. The number of ether oxygens (including phenoxy) is 1. The first-order chi connectivity index (χ1) is 9.39. The summed E-state index contributed by atoms with van der Waals surface area (Å²) in [5, 5.41) is 3.67. The summed E-state index contributed by atoms with van der Waals surface area (Å²) in [6.45, 7) is 7.19. The predicted molar refractivity (Wildman–Crippen MR) is 82.8 cm³/mol. The highest BCUT2D eigenvalue weighted by atomic mass is 35.5. The van der Waals surface area contributed by atoms with E-state index < -0.39 is 0 Å². The predicted octanol–water partition coefficient (Wildman–Crippen LogP) is 4.73. The normalized spacial score (nSPS) is 13.5. The van der Waals surface area contributed by atoms with E-state index in [0.29, 0.717) is 0 Å². The summed E-state index contributed by atoms with van der Waals surface area (Å²) >= 11 is 5.88. The van der Waals surface area contributed by atoms with E-state index in [0.717, 1.165) is 31.4 Å². The molecule has 0 bridgehead atoms. The maximum Gasteiger partial charge on any atom is 0.141 e. The molecule has 4 heteroatoms. The molecule has 0 amide bonds. The molecule has 0 aromatic heterocycles. The van der Waals surface area contributed by atoms with E-state index in [1.54, 1.807) is 19.2 Å². The maximum atomic E-state index is 13.3. The highest BCUT2D eigenvalue weighted by Crippen LogP contribution is 2.27. The molecular formula is C16H25ClFNO. The van der Waals surface area contributed by atoms with Gasteiger partial charge in [-0.2, -0.15) is 0 Å². The van der Waals surface area contributed by atoms with E-state index in [4.69, 9.17) is 16.3 Å². The Bertz CT molecular complexity index is 423. The number of hydrogen-bond acceptors (Lipinski definition) is 2. The average Bonchev–Trinajstić information content (AvgIpc) is 2.42. The van der Waals surface area contributed by atoms with Crippen molar-refractivity contribution in [3.05, 3.63) is 34.6 Å². The molecule has 1 aromatic rings. The maximum absolute atomic E-state index is 13.3. The Kier molecular flexibility index (Phi) is 6.93. The zero-order chi connectivity index (χ0) is 15.2. The van der Waals surface area contributed by atoms with Crippen molar-refractivity contribution < 1.29 is 9.13 Å². The van der Waals surface area contributed by atoms with E-state index in [9.17, 15) is 4.39 Å². The third-order valence-electron chi connectivity index (χ3n) is 3.57. The van der Waals surface area contributed by atoms with Gasteiger partial charge in [-0.3, -0.25) is 0 Å². The van der Waals surface area contributed by atoms with E-state index in [1.807, 2.05) is 0 Å². The van der Waals surface area contributed by atoms with E-state index in [-0.39, 0.29) is 22.5 Å². The van der Waals surface area contributed by atoms with Gasteiger partial charge in [-0.05, 0) is 57.4 Å². The third kappa shape index (κ3) is 5.39. The van der Waals surface area contributed by atoms with Crippen molar-refractivity contribution in [2.24, 2.45) is 0 Å². The van der Waals surface area contributed by atoms with Gasteiger partial charge < -0.3 is 10.1 Å². The SMILES string of the molecule is CCCNC(CCC(C)(C)OC)c1ccc(F)c(Cl)c1. The number of methoxy groups -OCH3 is 1. The van der Waals surface area contributed by atoms with Crippen LogP contribution in [0.1, 0.15) is 51.6 Å².